The van der Waals surface area contributed by atoms with Gasteiger partial charge in [0.25, 0.3) is 0 Å². The SMILES string of the molecule is CO[C@@]12CCC(=O)CC13CCN(CC1CC1)C2Cc1cccc(OC/C=C/c2ccccc2)c13. The van der Waals surface area contributed by atoms with Crippen LogP contribution in [0, 0.1) is 5.92 Å². The van der Waals surface area contributed by atoms with E-state index in [0.717, 1.165) is 37.5 Å². The van der Waals surface area contributed by atoms with Gasteiger partial charge in [0.15, 0.2) is 0 Å². The molecular weight excluding hydrogens is 422 g/mol. The Kier molecular flexibility index (Phi) is 5.62. The third-order valence-electron chi connectivity index (χ3n) is 8.89. The van der Waals surface area contributed by atoms with Crippen LogP contribution >= 0.6 is 0 Å². The number of Topliss-reactive ketones (excluding diaryl/α,β-unsaturated/α-hetero) is 1. The van der Waals surface area contributed by atoms with Gasteiger partial charge in [-0.1, -0.05) is 48.5 Å². The summed E-state index contributed by atoms with van der Waals surface area (Å²) in [7, 11) is 1.88. The summed E-state index contributed by atoms with van der Waals surface area (Å²) in [5.41, 5.74) is 3.15. The summed E-state index contributed by atoms with van der Waals surface area (Å²) in [4.78, 5) is 15.7. The average Bonchev–Trinajstić information content (AvgIpc) is 3.68. The molecule has 3 atom stereocenters. The van der Waals surface area contributed by atoms with Gasteiger partial charge in [0.2, 0.25) is 0 Å². The zero-order valence-corrected chi connectivity index (χ0v) is 20.2. The van der Waals surface area contributed by atoms with Gasteiger partial charge in [-0.2, -0.15) is 0 Å². The zero-order chi connectivity index (χ0) is 23.2. The fourth-order valence-electron chi connectivity index (χ4n) is 7.22. The van der Waals surface area contributed by atoms with Gasteiger partial charge in [-0.15, -0.1) is 0 Å². The molecule has 2 unspecified atom stereocenters. The van der Waals surface area contributed by atoms with Crippen molar-refractivity contribution in [2.24, 2.45) is 5.92 Å². The van der Waals surface area contributed by atoms with Crippen molar-refractivity contribution in [1.82, 2.24) is 4.90 Å². The maximum absolute atomic E-state index is 13.0. The molecule has 178 valence electrons. The molecule has 3 fully saturated rings. The van der Waals surface area contributed by atoms with Gasteiger partial charge in [0.1, 0.15) is 18.1 Å². The molecule has 4 nitrogen and oxygen atoms in total. The minimum absolute atomic E-state index is 0.297. The van der Waals surface area contributed by atoms with Crippen LogP contribution < -0.4 is 4.74 Å². The van der Waals surface area contributed by atoms with Crippen molar-refractivity contribution in [1.29, 1.82) is 0 Å². The van der Waals surface area contributed by atoms with Crippen LogP contribution in [0.1, 0.15) is 55.2 Å². The number of likely N-dealkylation sites (tertiary alicyclic amines) is 1. The maximum atomic E-state index is 13.0. The van der Waals surface area contributed by atoms with E-state index >= 15 is 0 Å². The van der Waals surface area contributed by atoms with Gasteiger partial charge in [-0.3, -0.25) is 9.69 Å². The molecule has 1 saturated heterocycles. The van der Waals surface area contributed by atoms with E-state index in [1.165, 1.54) is 36.1 Å². The van der Waals surface area contributed by atoms with Crippen LogP contribution in [0.25, 0.3) is 6.08 Å². The largest absolute Gasteiger partial charge is 0.489 e. The second kappa shape index (κ2) is 8.66. The number of carbonyl (C=O) groups excluding carboxylic acids is 1. The summed E-state index contributed by atoms with van der Waals surface area (Å²) in [5, 5.41) is 0. The van der Waals surface area contributed by atoms with Crippen molar-refractivity contribution in [2.75, 3.05) is 26.8 Å². The van der Waals surface area contributed by atoms with Gasteiger partial charge >= 0.3 is 0 Å². The Bertz CT molecular complexity index is 1090. The lowest BCUT2D eigenvalue weighted by Gasteiger charge is -2.65. The van der Waals surface area contributed by atoms with Gasteiger partial charge < -0.3 is 9.47 Å². The molecule has 0 radical (unpaired) electrons. The monoisotopic (exact) mass is 457 g/mol. The molecule has 0 spiro atoms. The Morgan fingerprint density at radius 1 is 1.09 bits per heavy atom. The summed E-state index contributed by atoms with van der Waals surface area (Å²) in [6.07, 6.45) is 10.8. The number of nitrogens with zero attached hydrogens (tertiary/aromatic N) is 1. The molecule has 4 heteroatoms. The Balaban J connectivity index is 1.36. The highest BCUT2D eigenvalue weighted by Gasteiger charge is 2.66. The molecule has 6 rings (SSSR count). The van der Waals surface area contributed by atoms with Gasteiger partial charge in [0, 0.05) is 43.5 Å². The van der Waals surface area contributed by atoms with Crippen molar-refractivity contribution in [3.63, 3.8) is 0 Å². The van der Waals surface area contributed by atoms with Crippen LogP contribution in [0.2, 0.25) is 0 Å². The third kappa shape index (κ3) is 3.54. The Morgan fingerprint density at radius 3 is 2.74 bits per heavy atom. The predicted octanol–water partition coefficient (Wildman–Crippen LogP) is 5.20. The third-order valence-corrected chi connectivity index (χ3v) is 8.89. The molecule has 4 aliphatic rings. The quantitative estimate of drug-likeness (QED) is 0.573. The number of piperidine rings is 1. The lowest BCUT2D eigenvalue weighted by atomic mass is 9.49. The molecule has 2 aromatic carbocycles. The second-order valence-electron chi connectivity index (χ2n) is 10.7. The summed E-state index contributed by atoms with van der Waals surface area (Å²) in [6.45, 7) is 2.73. The topological polar surface area (TPSA) is 38.8 Å². The van der Waals surface area contributed by atoms with Gasteiger partial charge in [0.05, 0.1) is 5.60 Å². The van der Waals surface area contributed by atoms with E-state index in [0.29, 0.717) is 31.3 Å². The number of rotatable bonds is 7. The minimum atomic E-state index is -0.319. The first-order valence-electron chi connectivity index (χ1n) is 12.9. The smallest absolute Gasteiger partial charge is 0.134 e. The number of hydrogen-bond acceptors (Lipinski definition) is 4. The molecule has 34 heavy (non-hydrogen) atoms. The van der Waals surface area contributed by atoms with Gasteiger partial charge in [-0.05, 0) is 67.8 Å². The van der Waals surface area contributed by atoms with E-state index in [9.17, 15) is 4.79 Å². The lowest BCUT2D eigenvalue weighted by Crippen LogP contribution is -2.74. The molecule has 2 bridgehead atoms. The zero-order valence-electron chi connectivity index (χ0n) is 20.2. The molecule has 3 aliphatic carbocycles. The van der Waals surface area contributed by atoms with Gasteiger partial charge in [-0.25, -0.2) is 0 Å². The minimum Gasteiger partial charge on any atom is -0.489 e. The predicted molar refractivity (Wildman–Crippen MR) is 134 cm³/mol. The maximum Gasteiger partial charge on any atom is 0.134 e. The standard InChI is InChI=1S/C30H35NO3/c1-33-30-15-14-25(32)20-29(30)16-17-31(21-23-12-13-23)27(30)19-24-10-5-11-26(28(24)29)34-18-6-9-22-7-3-2-4-8-22/h2-11,23,27H,12-21H2,1H3/b9-6+/t27?,29?,30-/m1/s1. The molecule has 0 N–H and O–H groups in total. The number of hydrogen-bond donors (Lipinski definition) is 0. The Morgan fingerprint density at radius 2 is 1.94 bits per heavy atom. The van der Waals surface area contributed by atoms with Crippen LogP contribution in [-0.2, 0) is 21.4 Å². The Hall–Kier alpha value is -2.43. The first kappa shape index (κ1) is 22.1. The van der Waals surface area contributed by atoms with Crippen LogP contribution in [0.4, 0.5) is 0 Å². The van der Waals surface area contributed by atoms with E-state index < -0.39 is 0 Å². The summed E-state index contributed by atoms with van der Waals surface area (Å²) in [5.74, 6) is 2.15. The number of benzene rings is 2. The van der Waals surface area contributed by atoms with Crippen molar-refractivity contribution >= 4 is 11.9 Å². The van der Waals surface area contributed by atoms with Crippen LogP contribution in [0.5, 0.6) is 5.75 Å². The summed E-state index contributed by atoms with van der Waals surface area (Å²) < 4.78 is 13.0. The van der Waals surface area contributed by atoms with E-state index in [2.05, 4.69) is 47.4 Å². The van der Waals surface area contributed by atoms with Crippen molar-refractivity contribution in [3.05, 3.63) is 71.3 Å². The first-order chi connectivity index (χ1) is 16.6. The van der Waals surface area contributed by atoms with E-state index in [1.807, 2.05) is 25.3 Å². The summed E-state index contributed by atoms with van der Waals surface area (Å²) >= 11 is 0. The van der Waals surface area contributed by atoms with Crippen molar-refractivity contribution < 1.29 is 14.3 Å². The number of carbonyl (C=O) groups is 1. The Labute approximate surface area is 202 Å². The number of ether oxygens (including phenoxy) is 2. The normalized spacial score (nSPS) is 30.7. The fourth-order valence-corrected chi connectivity index (χ4v) is 7.22. The fraction of sp³-hybridized carbons (Fsp3) is 0.500. The highest BCUT2D eigenvalue weighted by molar-refractivity contribution is 5.83. The van der Waals surface area contributed by atoms with Crippen molar-refractivity contribution in [3.8, 4) is 5.75 Å². The van der Waals surface area contributed by atoms with Crippen LogP contribution in [-0.4, -0.2) is 49.1 Å². The molecule has 0 amide bonds. The van der Waals surface area contributed by atoms with E-state index in [-0.39, 0.29) is 11.0 Å². The summed E-state index contributed by atoms with van der Waals surface area (Å²) in [6, 6.07) is 17.1. The highest BCUT2D eigenvalue weighted by Crippen LogP contribution is 2.61. The molecule has 0 aromatic heterocycles. The lowest BCUT2D eigenvalue weighted by molar-refractivity contribution is -0.188. The van der Waals surface area contributed by atoms with E-state index in [4.69, 9.17) is 9.47 Å². The molecule has 2 aromatic rings. The molecule has 1 heterocycles. The van der Waals surface area contributed by atoms with Crippen molar-refractivity contribution in [2.45, 2.75) is 62.0 Å². The number of methoxy groups -OCH3 is 1. The molecular formula is C30H35NO3. The molecule has 2 saturated carbocycles. The second-order valence-corrected chi connectivity index (χ2v) is 10.7. The first-order valence-corrected chi connectivity index (χ1v) is 12.9. The number of fused-ring (bicyclic) bond motifs is 1. The number of ketones is 1. The van der Waals surface area contributed by atoms with Crippen LogP contribution in [0.3, 0.4) is 0 Å². The highest BCUT2D eigenvalue weighted by atomic mass is 16.5. The average molecular weight is 458 g/mol. The molecule has 1 aliphatic heterocycles. The van der Waals surface area contributed by atoms with Crippen LogP contribution in [0.15, 0.2) is 54.6 Å². The van der Waals surface area contributed by atoms with E-state index in [1.54, 1.807) is 0 Å².